The number of carbonyl (C=O) groups is 2. The van der Waals surface area contributed by atoms with Gasteiger partial charge in [0.1, 0.15) is 11.5 Å². The van der Waals surface area contributed by atoms with Gasteiger partial charge in [0.05, 0.1) is 11.8 Å². The van der Waals surface area contributed by atoms with Crippen molar-refractivity contribution in [3.63, 3.8) is 0 Å². The molecule has 0 aliphatic carbocycles. The summed E-state index contributed by atoms with van der Waals surface area (Å²) >= 11 is 0. The quantitative estimate of drug-likeness (QED) is 0.640. The van der Waals surface area contributed by atoms with Gasteiger partial charge in [-0.05, 0) is 30.9 Å². The second-order valence-electron chi connectivity index (χ2n) is 7.06. The van der Waals surface area contributed by atoms with E-state index < -0.39 is 17.6 Å². The van der Waals surface area contributed by atoms with Crippen LogP contribution in [0.3, 0.4) is 0 Å². The van der Waals surface area contributed by atoms with Crippen molar-refractivity contribution in [1.82, 2.24) is 14.5 Å². The van der Waals surface area contributed by atoms with Crippen molar-refractivity contribution in [2.24, 2.45) is 5.92 Å². The van der Waals surface area contributed by atoms with Crippen molar-refractivity contribution in [3.8, 4) is 11.4 Å². The molecular weight excluding hydrogens is 387 g/mol. The Morgan fingerprint density at radius 3 is 2.66 bits per heavy atom. The number of nitrogens with zero attached hydrogens (tertiary/aromatic N) is 3. The molecule has 2 rings (SSSR count). The van der Waals surface area contributed by atoms with Crippen LogP contribution in [0.5, 0.6) is 0 Å². The highest BCUT2D eigenvalue weighted by molar-refractivity contribution is 5.99. The van der Waals surface area contributed by atoms with E-state index in [0.717, 1.165) is 17.0 Å². The fraction of sp³-hybridized carbons (Fsp3) is 0.450. The van der Waals surface area contributed by atoms with Crippen LogP contribution in [-0.4, -0.2) is 45.0 Å². The maximum absolute atomic E-state index is 13.1. The van der Waals surface area contributed by atoms with E-state index in [1.807, 2.05) is 13.8 Å². The van der Waals surface area contributed by atoms with Crippen LogP contribution in [0.15, 0.2) is 30.5 Å². The number of halogens is 3. The molecule has 0 fully saturated rings. The minimum Gasteiger partial charge on any atom is -0.396 e. The van der Waals surface area contributed by atoms with Crippen LogP contribution in [-0.2, 0) is 17.5 Å². The van der Waals surface area contributed by atoms with Gasteiger partial charge in [0.15, 0.2) is 0 Å². The third-order valence-electron chi connectivity index (χ3n) is 4.40. The summed E-state index contributed by atoms with van der Waals surface area (Å²) in [6.45, 7) is 4.19. The first-order valence-electron chi connectivity index (χ1n) is 9.29. The number of aromatic nitrogens is 2. The smallest absolute Gasteiger partial charge is 0.396 e. The lowest BCUT2D eigenvalue weighted by Crippen LogP contribution is -2.32. The fourth-order valence-corrected chi connectivity index (χ4v) is 2.82. The number of aliphatic hydroxyl groups is 1. The van der Waals surface area contributed by atoms with Crippen molar-refractivity contribution >= 4 is 12.3 Å². The minimum absolute atomic E-state index is 0.0348. The molecule has 2 aromatic rings. The molecule has 0 atom stereocenters. The molecule has 29 heavy (non-hydrogen) atoms. The molecule has 1 aromatic heterocycles. The molecule has 0 unspecified atom stereocenters. The van der Waals surface area contributed by atoms with E-state index in [9.17, 15) is 22.8 Å². The summed E-state index contributed by atoms with van der Waals surface area (Å²) in [6.07, 6.45) is -1.95. The van der Waals surface area contributed by atoms with Crippen molar-refractivity contribution < 1.29 is 27.9 Å². The lowest BCUT2D eigenvalue weighted by molar-refractivity contribution is -0.137. The van der Waals surface area contributed by atoms with E-state index in [-0.39, 0.29) is 42.6 Å². The van der Waals surface area contributed by atoms with Crippen LogP contribution in [0.2, 0.25) is 0 Å². The number of hydrogen-bond donors (Lipinski definition) is 1. The number of hydrogen-bond acceptors (Lipinski definition) is 4. The monoisotopic (exact) mass is 411 g/mol. The van der Waals surface area contributed by atoms with Gasteiger partial charge in [-0.1, -0.05) is 26.0 Å². The molecule has 0 radical (unpaired) electrons. The summed E-state index contributed by atoms with van der Waals surface area (Å²) in [7, 11) is 0. The van der Waals surface area contributed by atoms with Crippen molar-refractivity contribution in [1.29, 1.82) is 0 Å². The van der Waals surface area contributed by atoms with Crippen LogP contribution >= 0.6 is 0 Å². The fourth-order valence-electron chi connectivity index (χ4n) is 2.82. The molecule has 0 aliphatic heterocycles. The Balaban J connectivity index is 2.49. The SMILES string of the molecule is CC(C)CCn1c(C(=O)N(C=O)CCCO)cnc1-c1cccc(C(F)(F)F)c1. The van der Waals surface area contributed by atoms with Gasteiger partial charge in [0.25, 0.3) is 5.91 Å². The van der Waals surface area contributed by atoms with Gasteiger partial charge < -0.3 is 9.67 Å². The number of imide groups is 1. The van der Waals surface area contributed by atoms with E-state index in [2.05, 4.69) is 4.98 Å². The third kappa shape index (κ3) is 5.66. The molecule has 158 valence electrons. The van der Waals surface area contributed by atoms with Gasteiger partial charge in [0, 0.05) is 25.3 Å². The number of benzene rings is 1. The zero-order valence-corrected chi connectivity index (χ0v) is 16.3. The second-order valence-corrected chi connectivity index (χ2v) is 7.06. The normalized spacial score (nSPS) is 11.7. The van der Waals surface area contributed by atoms with Crippen LogP contribution < -0.4 is 0 Å². The zero-order chi connectivity index (χ0) is 21.6. The highest BCUT2D eigenvalue weighted by Gasteiger charge is 2.31. The van der Waals surface area contributed by atoms with E-state index in [4.69, 9.17) is 5.11 Å². The maximum Gasteiger partial charge on any atom is 0.416 e. The van der Waals surface area contributed by atoms with Gasteiger partial charge in [-0.2, -0.15) is 13.2 Å². The zero-order valence-electron chi connectivity index (χ0n) is 16.3. The average molecular weight is 411 g/mol. The standard InChI is InChI=1S/C20H24F3N3O3/c1-14(2)7-9-26-17(19(29)25(13-28)8-4-10-27)12-24-18(26)15-5-3-6-16(11-15)20(21,22)23/h3,5-6,11-14,27H,4,7-10H2,1-2H3. The molecule has 0 aliphatic rings. The Bertz CT molecular complexity index is 847. The number of alkyl halides is 3. The second kappa shape index (κ2) is 9.69. The largest absolute Gasteiger partial charge is 0.416 e. The molecule has 9 heteroatoms. The number of amides is 2. The summed E-state index contributed by atoms with van der Waals surface area (Å²) in [6, 6.07) is 4.76. The summed E-state index contributed by atoms with van der Waals surface area (Å²) < 4.78 is 40.8. The van der Waals surface area contributed by atoms with Crippen LogP contribution in [0, 0.1) is 5.92 Å². The van der Waals surface area contributed by atoms with Gasteiger partial charge >= 0.3 is 6.18 Å². The van der Waals surface area contributed by atoms with Crippen LogP contribution in [0.1, 0.15) is 42.7 Å². The van der Waals surface area contributed by atoms with E-state index in [1.165, 1.54) is 18.3 Å². The summed E-state index contributed by atoms with van der Waals surface area (Å²) in [5.41, 5.74) is -0.461. The highest BCUT2D eigenvalue weighted by Crippen LogP contribution is 2.32. The lowest BCUT2D eigenvalue weighted by Gasteiger charge is -2.18. The first-order chi connectivity index (χ1) is 13.7. The highest BCUT2D eigenvalue weighted by atomic mass is 19.4. The van der Waals surface area contributed by atoms with Crippen molar-refractivity contribution in [2.75, 3.05) is 13.2 Å². The molecule has 2 amide bonds. The Kier molecular flexibility index (Phi) is 7.55. The topological polar surface area (TPSA) is 75.4 Å². The minimum atomic E-state index is -4.50. The molecule has 1 heterocycles. The average Bonchev–Trinajstić information content (AvgIpc) is 3.10. The Labute approximate surface area is 167 Å². The number of imidazole rings is 1. The number of rotatable bonds is 9. The van der Waals surface area contributed by atoms with Crippen molar-refractivity contribution in [2.45, 2.75) is 39.4 Å². The molecule has 0 saturated carbocycles. The van der Waals surface area contributed by atoms with Crippen LogP contribution in [0.25, 0.3) is 11.4 Å². The first kappa shape index (κ1) is 22.6. The lowest BCUT2D eigenvalue weighted by atomic mass is 10.1. The summed E-state index contributed by atoms with van der Waals surface area (Å²) in [5, 5.41) is 8.94. The predicted octanol–water partition coefficient (Wildman–Crippen LogP) is 3.60. The molecule has 1 N–H and O–H groups in total. The van der Waals surface area contributed by atoms with Gasteiger partial charge in [-0.3, -0.25) is 14.5 Å². The molecule has 0 spiro atoms. The molecule has 0 saturated heterocycles. The Hall–Kier alpha value is -2.68. The Morgan fingerprint density at radius 2 is 2.07 bits per heavy atom. The number of aliphatic hydroxyl groups excluding tert-OH is 1. The van der Waals surface area contributed by atoms with E-state index >= 15 is 0 Å². The third-order valence-corrected chi connectivity index (χ3v) is 4.40. The molecular formula is C20H24F3N3O3. The van der Waals surface area contributed by atoms with Gasteiger partial charge in [-0.15, -0.1) is 0 Å². The van der Waals surface area contributed by atoms with Crippen LogP contribution in [0.4, 0.5) is 13.2 Å². The molecule has 1 aromatic carbocycles. The van der Waals surface area contributed by atoms with E-state index in [1.54, 1.807) is 4.57 Å². The predicted molar refractivity (Wildman–Crippen MR) is 101 cm³/mol. The first-order valence-corrected chi connectivity index (χ1v) is 9.29. The van der Waals surface area contributed by atoms with E-state index in [0.29, 0.717) is 19.4 Å². The van der Waals surface area contributed by atoms with Crippen molar-refractivity contribution in [3.05, 3.63) is 41.7 Å². The molecule has 6 nitrogen and oxygen atoms in total. The Morgan fingerprint density at radius 1 is 1.34 bits per heavy atom. The van der Waals surface area contributed by atoms with Gasteiger partial charge in [-0.25, -0.2) is 4.98 Å². The summed E-state index contributed by atoms with van der Waals surface area (Å²) in [5.74, 6) is -0.0951. The van der Waals surface area contributed by atoms with Gasteiger partial charge in [0.2, 0.25) is 6.41 Å². The molecule has 0 bridgehead atoms. The maximum atomic E-state index is 13.1. The summed E-state index contributed by atoms with van der Waals surface area (Å²) in [4.78, 5) is 29.2. The number of carbonyl (C=O) groups excluding carboxylic acids is 2.